The van der Waals surface area contributed by atoms with Gasteiger partial charge in [0, 0.05) is 31.9 Å². The number of benzene rings is 1. The normalized spacial score (nSPS) is 14.1. The Morgan fingerprint density at radius 2 is 1.94 bits per heavy atom. The molecule has 7 heteroatoms. The highest BCUT2D eigenvalue weighted by Gasteiger charge is 2.32. The van der Waals surface area contributed by atoms with Crippen molar-refractivity contribution in [1.29, 1.82) is 0 Å². The van der Waals surface area contributed by atoms with Gasteiger partial charge in [0.25, 0.3) is 0 Å². The van der Waals surface area contributed by atoms with Crippen LogP contribution in [0.25, 0.3) is 0 Å². The van der Waals surface area contributed by atoms with Crippen molar-refractivity contribution in [3.8, 4) is 0 Å². The summed E-state index contributed by atoms with van der Waals surface area (Å²) >= 11 is 0. The van der Waals surface area contributed by atoms with Crippen molar-refractivity contribution in [3.05, 3.63) is 59.3 Å². The lowest BCUT2D eigenvalue weighted by Crippen LogP contribution is -2.48. The lowest BCUT2D eigenvalue weighted by atomic mass is 9.83. The molecular formula is C26H35N3O4. The van der Waals surface area contributed by atoms with E-state index >= 15 is 0 Å². The van der Waals surface area contributed by atoms with Crippen molar-refractivity contribution in [2.75, 3.05) is 25.1 Å². The Labute approximate surface area is 196 Å². The van der Waals surface area contributed by atoms with E-state index in [1.165, 1.54) is 5.56 Å². The van der Waals surface area contributed by atoms with Gasteiger partial charge < -0.3 is 20.5 Å². The summed E-state index contributed by atoms with van der Waals surface area (Å²) in [5, 5.41) is 15.6. The van der Waals surface area contributed by atoms with E-state index in [0.29, 0.717) is 6.61 Å². The standard InChI is InChI=1S/C26H35N3O4/c1-26(2,20-10-4-3-5-11-20)25(32)29-22(24(30)31)15-18-33-17-7-6-12-21-14-13-19-9-8-16-27-23(19)28-21/h3-5,10-11,13-14,22H,6-9,12,15-18H2,1-2H3,(H,27,28)(H,29,32)(H,30,31). The highest BCUT2D eigenvalue weighted by molar-refractivity contribution is 5.90. The molecule has 0 aliphatic carbocycles. The maximum absolute atomic E-state index is 12.8. The molecule has 0 spiro atoms. The Morgan fingerprint density at radius 3 is 2.70 bits per heavy atom. The van der Waals surface area contributed by atoms with Crippen LogP contribution in [0.15, 0.2) is 42.5 Å². The molecule has 1 atom stereocenters. The molecule has 2 aromatic rings. The number of fused-ring (bicyclic) bond motifs is 1. The number of carbonyl (C=O) groups excluding carboxylic acids is 1. The smallest absolute Gasteiger partial charge is 0.326 e. The summed E-state index contributed by atoms with van der Waals surface area (Å²) in [7, 11) is 0. The highest BCUT2D eigenvalue weighted by Crippen LogP contribution is 2.23. The van der Waals surface area contributed by atoms with E-state index in [1.54, 1.807) is 13.8 Å². The lowest BCUT2D eigenvalue weighted by molar-refractivity contribution is -0.143. The molecule has 0 bridgehead atoms. The Morgan fingerprint density at radius 1 is 1.15 bits per heavy atom. The van der Waals surface area contributed by atoms with E-state index < -0.39 is 17.4 Å². The number of aryl methyl sites for hydroxylation is 2. The minimum absolute atomic E-state index is 0.226. The number of carboxylic acid groups (broad SMARTS) is 1. The molecule has 1 unspecified atom stereocenters. The first-order chi connectivity index (χ1) is 15.9. The quantitative estimate of drug-likeness (QED) is 0.424. The van der Waals surface area contributed by atoms with Crippen molar-refractivity contribution < 1.29 is 19.4 Å². The Balaban J connectivity index is 1.36. The number of amides is 1. The van der Waals surface area contributed by atoms with Gasteiger partial charge in [0.2, 0.25) is 5.91 Å². The number of carbonyl (C=O) groups is 2. The van der Waals surface area contributed by atoms with E-state index in [1.807, 2.05) is 30.3 Å². The van der Waals surface area contributed by atoms with Gasteiger partial charge in [-0.25, -0.2) is 9.78 Å². The molecule has 0 fully saturated rings. The van der Waals surface area contributed by atoms with Gasteiger partial charge in [0.1, 0.15) is 11.9 Å². The molecule has 33 heavy (non-hydrogen) atoms. The molecule has 0 saturated carbocycles. The number of ether oxygens (including phenoxy) is 1. The largest absolute Gasteiger partial charge is 0.480 e. The molecule has 1 amide bonds. The first-order valence-corrected chi connectivity index (χ1v) is 11.8. The van der Waals surface area contributed by atoms with Gasteiger partial charge in [0.05, 0.1) is 5.41 Å². The highest BCUT2D eigenvalue weighted by atomic mass is 16.5. The van der Waals surface area contributed by atoms with Crippen LogP contribution in [0.1, 0.15) is 56.4 Å². The fraction of sp³-hybridized carbons (Fsp3) is 0.500. The molecule has 1 aliphatic rings. The zero-order valence-electron chi connectivity index (χ0n) is 19.6. The van der Waals surface area contributed by atoms with Crippen LogP contribution in [0.5, 0.6) is 0 Å². The first kappa shape index (κ1) is 24.7. The first-order valence-electron chi connectivity index (χ1n) is 11.8. The maximum atomic E-state index is 12.8. The summed E-state index contributed by atoms with van der Waals surface area (Å²) in [5.41, 5.74) is 2.39. The Kier molecular flexibility index (Phi) is 8.83. The van der Waals surface area contributed by atoms with Gasteiger partial charge in [-0.3, -0.25) is 4.79 Å². The SMILES string of the molecule is CC(C)(C(=O)NC(CCOCCCCc1ccc2c(n1)NCCC2)C(=O)O)c1ccccc1. The van der Waals surface area contributed by atoms with Gasteiger partial charge in [-0.2, -0.15) is 0 Å². The number of hydrogen-bond donors (Lipinski definition) is 3. The number of anilines is 1. The molecule has 0 radical (unpaired) electrons. The maximum Gasteiger partial charge on any atom is 0.326 e. The molecule has 1 aliphatic heterocycles. The summed E-state index contributed by atoms with van der Waals surface area (Å²) in [4.78, 5) is 29.1. The van der Waals surface area contributed by atoms with Crippen LogP contribution >= 0.6 is 0 Å². The van der Waals surface area contributed by atoms with Crippen LogP contribution in [0.3, 0.4) is 0 Å². The predicted molar refractivity (Wildman–Crippen MR) is 128 cm³/mol. The van der Waals surface area contributed by atoms with Crippen LogP contribution in [0, 0.1) is 0 Å². The third kappa shape index (κ3) is 7.02. The monoisotopic (exact) mass is 453 g/mol. The molecule has 7 nitrogen and oxygen atoms in total. The average Bonchev–Trinajstić information content (AvgIpc) is 2.82. The van der Waals surface area contributed by atoms with E-state index in [4.69, 9.17) is 9.72 Å². The van der Waals surface area contributed by atoms with Crippen molar-refractivity contribution in [2.45, 2.75) is 63.8 Å². The molecule has 1 aromatic heterocycles. The van der Waals surface area contributed by atoms with E-state index in [0.717, 1.165) is 55.7 Å². The summed E-state index contributed by atoms with van der Waals surface area (Å²) in [6, 6.07) is 12.6. The number of nitrogens with zero attached hydrogens (tertiary/aromatic N) is 1. The van der Waals surface area contributed by atoms with Crippen LogP contribution in [-0.4, -0.2) is 47.8 Å². The second-order valence-corrected chi connectivity index (χ2v) is 9.05. The number of rotatable bonds is 12. The molecule has 3 rings (SSSR count). The van der Waals surface area contributed by atoms with Gasteiger partial charge in [-0.15, -0.1) is 0 Å². The number of hydrogen-bond acceptors (Lipinski definition) is 5. The third-order valence-electron chi connectivity index (χ3n) is 6.14. The summed E-state index contributed by atoms with van der Waals surface area (Å²) in [5.74, 6) is -0.344. The van der Waals surface area contributed by atoms with Crippen molar-refractivity contribution in [3.63, 3.8) is 0 Å². The van der Waals surface area contributed by atoms with Crippen molar-refractivity contribution in [1.82, 2.24) is 10.3 Å². The fourth-order valence-electron chi connectivity index (χ4n) is 3.90. The number of aromatic nitrogens is 1. The van der Waals surface area contributed by atoms with Gasteiger partial charge in [-0.1, -0.05) is 36.4 Å². The Bertz CT molecular complexity index is 930. The summed E-state index contributed by atoms with van der Waals surface area (Å²) in [6.45, 7) is 5.41. The molecule has 1 aromatic carbocycles. The van der Waals surface area contributed by atoms with Crippen LogP contribution in [-0.2, 0) is 32.6 Å². The minimum atomic E-state index is -1.05. The molecular weight excluding hydrogens is 418 g/mol. The van der Waals surface area contributed by atoms with Gasteiger partial charge in [0.15, 0.2) is 0 Å². The van der Waals surface area contributed by atoms with Gasteiger partial charge >= 0.3 is 5.97 Å². The zero-order valence-corrected chi connectivity index (χ0v) is 19.6. The fourth-order valence-corrected chi connectivity index (χ4v) is 3.90. The average molecular weight is 454 g/mol. The van der Waals surface area contributed by atoms with E-state index in [2.05, 4.69) is 22.8 Å². The van der Waals surface area contributed by atoms with Crippen LogP contribution in [0.2, 0.25) is 0 Å². The molecule has 0 saturated heterocycles. The van der Waals surface area contributed by atoms with Crippen molar-refractivity contribution in [2.24, 2.45) is 0 Å². The number of carboxylic acids is 1. The Hall–Kier alpha value is -2.93. The summed E-state index contributed by atoms with van der Waals surface area (Å²) < 4.78 is 5.65. The second kappa shape index (κ2) is 11.8. The van der Waals surface area contributed by atoms with Crippen molar-refractivity contribution >= 4 is 17.7 Å². The topological polar surface area (TPSA) is 101 Å². The zero-order chi connectivity index (χ0) is 23.7. The lowest BCUT2D eigenvalue weighted by Gasteiger charge is -2.26. The van der Waals surface area contributed by atoms with E-state index in [9.17, 15) is 14.7 Å². The number of unbranched alkanes of at least 4 members (excludes halogenated alkanes) is 1. The molecule has 2 heterocycles. The third-order valence-corrected chi connectivity index (χ3v) is 6.14. The van der Waals surface area contributed by atoms with Gasteiger partial charge in [-0.05, 0) is 63.1 Å². The number of nitrogens with one attached hydrogen (secondary N) is 2. The van der Waals surface area contributed by atoms with Crippen LogP contribution in [0.4, 0.5) is 5.82 Å². The molecule has 178 valence electrons. The number of aliphatic carboxylic acids is 1. The van der Waals surface area contributed by atoms with Crippen LogP contribution < -0.4 is 10.6 Å². The predicted octanol–water partition coefficient (Wildman–Crippen LogP) is 3.72. The summed E-state index contributed by atoms with van der Waals surface area (Å²) in [6.07, 6.45) is 5.19. The second-order valence-electron chi connectivity index (χ2n) is 9.05. The number of pyridine rings is 1. The van der Waals surface area contributed by atoms with E-state index in [-0.39, 0.29) is 18.9 Å². The minimum Gasteiger partial charge on any atom is -0.480 e. The molecule has 3 N–H and O–H groups in total.